The summed E-state index contributed by atoms with van der Waals surface area (Å²) in [6, 6.07) is 5.57. The van der Waals surface area contributed by atoms with Gasteiger partial charge in [0.05, 0.1) is 12.3 Å². The first-order valence-corrected chi connectivity index (χ1v) is 6.44. The molecule has 100 valence electrons. The lowest BCUT2D eigenvalue weighted by Gasteiger charge is -2.42. The van der Waals surface area contributed by atoms with Crippen LogP contribution < -0.4 is 0 Å². The molecule has 0 unspecified atom stereocenters. The van der Waals surface area contributed by atoms with E-state index in [-0.39, 0.29) is 11.6 Å². The molecular formula is C14H22N2O2. The minimum Gasteiger partial charge on any atom is -0.384 e. The summed E-state index contributed by atoms with van der Waals surface area (Å²) in [5.41, 5.74) is 0.782. The van der Waals surface area contributed by atoms with Crippen molar-refractivity contribution < 1.29 is 9.84 Å². The number of nitrogens with zero attached hydrogens (tertiary/aromatic N) is 2. The van der Waals surface area contributed by atoms with E-state index in [2.05, 4.69) is 30.7 Å². The first kappa shape index (κ1) is 13.5. The average molecular weight is 250 g/mol. The van der Waals surface area contributed by atoms with Gasteiger partial charge in [-0.05, 0) is 32.9 Å². The first-order valence-electron chi connectivity index (χ1n) is 6.44. The van der Waals surface area contributed by atoms with Gasteiger partial charge in [0.25, 0.3) is 0 Å². The van der Waals surface area contributed by atoms with Gasteiger partial charge in [0.15, 0.2) is 0 Å². The molecule has 0 saturated carbocycles. The molecule has 2 rings (SSSR count). The van der Waals surface area contributed by atoms with Gasteiger partial charge in [0, 0.05) is 24.8 Å². The van der Waals surface area contributed by atoms with E-state index in [9.17, 15) is 5.11 Å². The number of morpholine rings is 1. The lowest BCUT2D eigenvalue weighted by Crippen LogP contribution is -2.52. The molecule has 4 nitrogen and oxygen atoms in total. The molecule has 4 heteroatoms. The Labute approximate surface area is 109 Å². The van der Waals surface area contributed by atoms with Crippen LogP contribution in [0.4, 0.5) is 0 Å². The third-order valence-electron chi connectivity index (χ3n) is 3.39. The highest BCUT2D eigenvalue weighted by molar-refractivity contribution is 5.08. The van der Waals surface area contributed by atoms with Gasteiger partial charge >= 0.3 is 0 Å². The molecule has 2 atom stereocenters. The molecule has 0 aromatic carbocycles. The van der Waals surface area contributed by atoms with Crippen molar-refractivity contribution in [3.05, 3.63) is 30.1 Å². The van der Waals surface area contributed by atoms with Crippen molar-refractivity contribution in [2.45, 2.75) is 38.5 Å². The summed E-state index contributed by atoms with van der Waals surface area (Å²) in [5, 5.41) is 10.3. The van der Waals surface area contributed by atoms with Gasteiger partial charge in [-0.3, -0.25) is 9.88 Å². The zero-order valence-electron chi connectivity index (χ0n) is 11.3. The monoisotopic (exact) mass is 250 g/mol. The van der Waals surface area contributed by atoms with Crippen molar-refractivity contribution in [1.29, 1.82) is 0 Å². The topological polar surface area (TPSA) is 45.6 Å². The third-order valence-corrected chi connectivity index (χ3v) is 3.39. The molecule has 1 aliphatic heterocycles. The number of pyridine rings is 1. The van der Waals surface area contributed by atoms with Gasteiger partial charge in [0.1, 0.15) is 12.2 Å². The van der Waals surface area contributed by atoms with Crippen LogP contribution in [0.25, 0.3) is 0 Å². The fourth-order valence-electron chi connectivity index (χ4n) is 2.22. The van der Waals surface area contributed by atoms with Gasteiger partial charge in [-0.25, -0.2) is 0 Å². The Morgan fingerprint density at radius 3 is 2.83 bits per heavy atom. The van der Waals surface area contributed by atoms with Crippen LogP contribution >= 0.6 is 0 Å². The Kier molecular flexibility index (Phi) is 4.00. The molecule has 0 radical (unpaired) electrons. The third kappa shape index (κ3) is 3.07. The van der Waals surface area contributed by atoms with Gasteiger partial charge in [-0.1, -0.05) is 6.07 Å². The number of aliphatic hydroxyl groups is 1. The first-order chi connectivity index (χ1) is 8.48. The van der Waals surface area contributed by atoms with Crippen molar-refractivity contribution >= 4 is 0 Å². The zero-order chi connectivity index (χ0) is 13.2. The predicted octanol–water partition coefficient (Wildman–Crippen LogP) is 1.61. The summed E-state index contributed by atoms with van der Waals surface area (Å²) in [7, 11) is 0. The highest BCUT2D eigenvalue weighted by atomic mass is 16.5. The minimum absolute atomic E-state index is 0.103. The molecule has 1 fully saturated rings. The van der Waals surface area contributed by atoms with E-state index < -0.39 is 6.10 Å². The van der Waals surface area contributed by atoms with Gasteiger partial charge in [0.2, 0.25) is 0 Å². The molecule has 1 N–H and O–H groups in total. The summed E-state index contributed by atoms with van der Waals surface area (Å²) in [6.45, 7) is 8.86. The molecule has 1 aliphatic rings. The van der Waals surface area contributed by atoms with Crippen LogP contribution in [0, 0.1) is 0 Å². The second-order valence-electron chi connectivity index (χ2n) is 5.73. The molecular weight excluding hydrogens is 228 g/mol. The summed E-state index contributed by atoms with van der Waals surface area (Å²) in [5.74, 6) is 0. The Morgan fingerprint density at radius 1 is 1.44 bits per heavy atom. The quantitative estimate of drug-likeness (QED) is 0.866. The molecule has 18 heavy (non-hydrogen) atoms. The van der Waals surface area contributed by atoms with Crippen molar-refractivity contribution in [2.75, 3.05) is 19.7 Å². The Balaban J connectivity index is 2.05. The van der Waals surface area contributed by atoms with Crippen molar-refractivity contribution in [2.24, 2.45) is 0 Å². The molecule has 2 heterocycles. The van der Waals surface area contributed by atoms with E-state index in [4.69, 9.17) is 4.74 Å². The molecule has 0 spiro atoms. The minimum atomic E-state index is -0.656. The molecule has 1 saturated heterocycles. The highest BCUT2D eigenvalue weighted by Gasteiger charge is 2.33. The number of ether oxygens (including phenoxy) is 1. The summed E-state index contributed by atoms with van der Waals surface area (Å²) in [6.07, 6.45) is 0.840. The van der Waals surface area contributed by atoms with E-state index >= 15 is 0 Å². The van der Waals surface area contributed by atoms with Gasteiger partial charge in [-0.15, -0.1) is 0 Å². The molecule has 1 aromatic rings. The Hall–Kier alpha value is -0.970. The second-order valence-corrected chi connectivity index (χ2v) is 5.73. The van der Waals surface area contributed by atoms with Crippen LogP contribution in [0.3, 0.4) is 0 Å². The summed E-state index contributed by atoms with van der Waals surface area (Å²) >= 11 is 0. The smallest absolute Gasteiger partial charge is 0.123 e. The SMILES string of the molecule is CC(C)(C)N1CCO[C@H]([C@H](O)c2ccccn2)C1. The van der Waals surface area contributed by atoms with E-state index in [1.165, 1.54) is 0 Å². The van der Waals surface area contributed by atoms with Crippen LogP contribution in [-0.4, -0.2) is 46.3 Å². The largest absolute Gasteiger partial charge is 0.384 e. The van der Waals surface area contributed by atoms with Crippen LogP contribution in [0.2, 0.25) is 0 Å². The van der Waals surface area contributed by atoms with E-state index in [0.717, 1.165) is 13.1 Å². The number of rotatable bonds is 2. The average Bonchev–Trinajstić information content (AvgIpc) is 2.38. The molecule has 1 aromatic heterocycles. The Morgan fingerprint density at radius 2 is 2.22 bits per heavy atom. The van der Waals surface area contributed by atoms with Gasteiger partial charge < -0.3 is 9.84 Å². The molecule has 0 amide bonds. The van der Waals surface area contributed by atoms with Crippen LogP contribution in [-0.2, 0) is 4.74 Å². The standard InChI is InChI=1S/C14H22N2O2/c1-14(2,3)16-8-9-18-12(10-16)13(17)11-6-4-5-7-15-11/h4-7,12-13,17H,8-10H2,1-3H3/t12-,13+/m0/s1. The van der Waals surface area contributed by atoms with Crippen LogP contribution in [0.5, 0.6) is 0 Å². The maximum absolute atomic E-state index is 10.3. The normalized spacial score (nSPS) is 23.9. The highest BCUT2D eigenvalue weighted by Crippen LogP contribution is 2.24. The van der Waals surface area contributed by atoms with E-state index in [0.29, 0.717) is 12.3 Å². The Bertz CT molecular complexity index is 375. The lowest BCUT2D eigenvalue weighted by atomic mass is 10.0. The van der Waals surface area contributed by atoms with Crippen molar-refractivity contribution in [3.8, 4) is 0 Å². The van der Waals surface area contributed by atoms with E-state index in [1.54, 1.807) is 6.20 Å². The summed E-state index contributed by atoms with van der Waals surface area (Å²) in [4.78, 5) is 6.53. The number of aromatic nitrogens is 1. The lowest BCUT2D eigenvalue weighted by molar-refractivity contribution is -0.109. The fraction of sp³-hybridized carbons (Fsp3) is 0.643. The maximum atomic E-state index is 10.3. The number of hydrogen-bond acceptors (Lipinski definition) is 4. The van der Waals surface area contributed by atoms with E-state index in [1.807, 2.05) is 18.2 Å². The number of aliphatic hydroxyl groups excluding tert-OH is 1. The van der Waals surface area contributed by atoms with Crippen LogP contribution in [0.15, 0.2) is 24.4 Å². The second kappa shape index (κ2) is 5.34. The van der Waals surface area contributed by atoms with Crippen molar-refractivity contribution in [1.82, 2.24) is 9.88 Å². The summed E-state index contributed by atoms with van der Waals surface area (Å²) < 4.78 is 5.69. The van der Waals surface area contributed by atoms with Gasteiger partial charge in [-0.2, -0.15) is 0 Å². The maximum Gasteiger partial charge on any atom is 0.123 e. The molecule has 0 bridgehead atoms. The fourth-order valence-corrected chi connectivity index (χ4v) is 2.22. The van der Waals surface area contributed by atoms with Crippen LogP contribution in [0.1, 0.15) is 32.6 Å². The molecule has 0 aliphatic carbocycles. The zero-order valence-corrected chi connectivity index (χ0v) is 11.3. The number of hydrogen-bond donors (Lipinski definition) is 1. The van der Waals surface area contributed by atoms with Crippen molar-refractivity contribution in [3.63, 3.8) is 0 Å². The predicted molar refractivity (Wildman–Crippen MR) is 70.3 cm³/mol.